The van der Waals surface area contributed by atoms with Crippen LogP contribution in [0.15, 0.2) is 54.6 Å². The molecule has 0 aliphatic carbocycles. The van der Waals surface area contributed by atoms with Gasteiger partial charge in [0.1, 0.15) is 11.5 Å². The Labute approximate surface area is 173 Å². The molecule has 0 aliphatic heterocycles. The number of benzene rings is 2. The van der Waals surface area contributed by atoms with E-state index in [4.69, 9.17) is 4.74 Å². The Kier molecular flexibility index (Phi) is 6.61. The number of alkyl halides is 2. The first-order chi connectivity index (χ1) is 14.4. The van der Waals surface area contributed by atoms with E-state index in [0.717, 1.165) is 28.3 Å². The van der Waals surface area contributed by atoms with Crippen molar-refractivity contribution in [2.24, 2.45) is 0 Å². The lowest BCUT2D eigenvalue weighted by molar-refractivity contribution is -0.0498. The highest BCUT2D eigenvalue weighted by Gasteiger charge is 2.09. The van der Waals surface area contributed by atoms with E-state index in [1.807, 2.05) is 42.8 Å². The number of halogens is 2. The van der Waals surface area contributed by atoms with E-state index in [9.17, 15) is 13.6 Å². The van der Waals surface area contributed by atoms with E-state index >= 15 is 0 Å². The Bertz CT molecular complexity index is 1060. The van der Waals surface area contributed by atoms with Crippen molar-refractivity contribution in [3.63, 3.8) is 0 Å². The molecule has 5 nitrogen and oxygen atoms in total. The number of aromatic nitrogens is 2. The number of nitrogens with zero attached hydrogens (tertiary/aromatic N) is 2. The summed E-state index contributed by atoms with van der Waals surface area (Å²) in [6.07, 6.45) is 3.15. The summed E-state index contributed by atoms with van der Waals surface area (Å²) in [5.74, 6) is 0.504. The zero-order chi connectivity index (χ0) is 21.7. The average Bonchev–Trinajstić information content (AvgIpc) is 3.03. The van der Waals surface area contributed by atoms with Crippen LogP contribution in [-0.4, -0.2) is 29.3 Å². The topological polar surface area (TPSA) is 53.4 Å². The summed E-state index contributed by atoms with van der Waals surface area (Å²) in [6.45, 7) is 1.58. The standard InChI is InChI=1S/C23H22F2N2O3/c1-15-12-16(2)27(26-15)14-19-13-17(5-11-22(19)29-3)4-10-21(28)18-6-8-20(9-7-18)30-23(24)25/h4-13,23H,14H2,1-3H3/b10-4+. The fourth-order valence-corrected chi connectivity index (χ4v) is 3.09. The van der Waals surface area contributed by atoms with Crippen molar-refractivity contribution in [2.45, 2.75) is 27.0 Å². The Morgan fingerprint density at radius 3 is 2.47 bits per heavy atom. The summed E-state index contributed by atoms with van der Waals surface area (Å²) < 4.78 is 36.1. The molecule has 3 rings (SSSR count). The Morgan fingerprint density at radius 2 is 1.87 bits per heavy atom. The second-order valence-electron chi connectivity index (χ2n) is 6.76. The molecule has 0 N–H and O–H groups in total. The number of carbonyl (C=O) groups is 1. The molecule has 156 valence electrons. The Hall–Kier alpha value is -3.48. The van der Waals surface area contributed by atoms with E-state index < -0.39 is 6.61 Å². The lowest BCUT2D eigenvalue weighted by Gasteiger charge is -2.11. The summed E-state index contributed by atoms with van der Waals surface area (Å²) in [5.41, 5.74) is 4.14. The molecule has 3 aromatic rings. The Balaban J connectivity index is 1.76. The third-order valence-corrected chi connectivity index (χ3v) is 4.52. The van der Waals surface area contributed by atoms with Crippen molar-refractivity contribution < 1.29 is 23.0 Å². The second-order valence-corrected chi connectivity index (χ2v) is 6.76. The molecule has 0 radical (unpaired) electrons. The fraction of sp³-hybridized carbons (Fsp3) is 0.217. The highest BCUT2D eigenvalue weighted by molar-refractivity contribution is 6.06. The number of hydrogen-bond donors (Lipinski definition) is 0. The maximum Gasteiger partial charge on any atom is 0.387 e. The molecule has 2 aromatic carbocycles. The highest BCUT2D eigenvalue weighted by Crippen LogP contribution is 2.23. The van der Waals surface area contributed by atoms with Crippen LogP contribution in [0.3, 0.4) is 0 Å². The summed E-state index contributed by atoms with van der Waals surface area (Å²) >= 11 is 0. The molecule has 0 saturated heterocycles. The molecule has 1 aromatic heterocycles. The van der Waals surface area contributed by atoms with Gasteiger partial charge in [0.2, 0.25) is 0 Å². The van der Waals surface area contributed by atoms with Gasteiger partial charge in [0.15, 0.2) is 5.78 Å². The summed E-state index contributed by atoms with van der Waals surface area (Å²) in [6, 6.07) is 13.2. The number of rotatable bonds is 8. The smallest absolute Gasteiger partial charge is 0.387 e. The highest BCUT2D eigenvalue weighted by atomic mass is 19.3. The second kappa shape index (κ2) is 9.35. The van der Waals surface area contributed by atoms with Gasteiger partial charge in [-0.05, 0) is 68.0 Å². The summed E-state index contributed by atoms with van der Waals surface area (Å²) in [5, 5.41) is 4.48. The van der Waals surface area contributed by atoms with Crippen LogP contribution in [0.5, 0.6) is 11.5 Å². The third kappa shape index (κ3) is 5.31. The van der Waals surface area contributed by atoms with Gasteiger partial charge < -0.3 is 9.47 Å². The van der Waals surface area contributed by atoms with Crippen LogP contribution < -0.4 is 9.47 Å². The monoisotopic (exact) mass is 412 g/mol. The van der Waals surface area contributed by atoms with Crippen molar-refractivity contribution in [2.75, 3.05) is 7.11 Å². The van der Waals surface area contributed by atoms with Crippen molar-refractivity contribution in [3.8, 4) is 11.5 Å². The number of aryl methyl sites for hydroxylation is 2. The Morgan fingerprint density at radius 1 is 1.13 bits per heavy atom. The maximum absolute atomic E-state index is 12.4. The predicted molar refractivity (Wildman–Crippen MR) is 110 cm³/mol. The summed E-state index contributed by atoms with van der Waals surface area (Å²) in [7, 11) is 1.61. The normalized spacial score (nSPS) is 11.3. The van der Waals surface area contributed by atoms with Crippen LogP contribution in [0.25, 0.3) is 6.08 Å². The van der Waals surface area contributed by atoms with Crippen LogP contribution >= 0.6 is 0 Å². The van der Waals surface area contributed by atoms with E-state index in [0.29, 0.717) is 12.1 Å². The van der Waals surface area contributed by atoms with Crippen LogP contribution in [-0.2, 0) is 6.54 Å². The molecule has 0 atom stereocenters. The zero-order valence-corrected chi connectivity index (χ0v) is 16.9. The van der Waals surface area contributed by atoms with Crippen LogP contribution in [0, 0.1) is 13.8 Å². The zero-order valence-electron chi connectivity index (χ0n) is 16.9. The predicted octanol–water partition coefficient (Wildman–Crippen LogP) is 5.05. The molecule has 1 heterocycles. The number of ketones is 1. The van der Waals surface area contributed by atoms with E-state index in [1.165, 1.54) is 30.3 Å². The van der Waals surface area contributed by atoms with Gasteiger partial charge in [0.05, 0.1) is 19.3 Å². The number of carbonyl (C=O) groups excluding carboxylic acids is 1. The third-order valence-electron chi connectivity index (χ3n) is 4.52. The molecular formula is C23H22F2N2O3. The van der Waals surface area contributed by atoms with E-state index in [2.05, 4.69) is 9.84 Å². The lowest BCUT2D eigenvalue weighted by atomic mass is 10.1. The molecule has 30 heavy (non-hydrogen) atoms. The molecule has 0 spiro atoms. The maximum atomic E-state index is 12.4. The molecule has 0 fully saturated rings. The average molecular weight is 412 g/mol. The number of methoxy groups -OCH3 is 1. The lowest BCUT2D eigenvalue weighted by Crippen LogP contribution is -2.05. The minimum absolute atomic E-state index is 0.00878. The minimum atomic E-state index is -2.90. The van der Waals surface area contributed by atoms with Gasteiger partial charge in [0, 0.05) is 16.8 Å². The largest absolute Gasteiger partial charge is 0.496 e. The van der Waals surface area contributed by atoms with Gasteiger partial charge >= 0.3 is 6.61 Å². The molecule has 0 saturated carbocycles. The first-order valence-electron chi connectivity index (χ1n) is 9.31. The number of allylic oxidation sites excluding steroid dienone is 1. The van der Waals surface area contributed by atoms with Gasteiger partial charge in [-0.1, -0.05) is 12.1 Å². The van der Waals surface area contributed by atoms with Crippen molar-refractivity contribution in [3.05, 3.63) is 82.7 Å². The minimum Gasteiger partial charge on any atom is -0.496 e. The quantitative estimate of drug-likeness (QED) is 0.384. The van der Waals surface area contributed by atoms with Crippen molar-refractivity contribution >= 4 is 11.9 Å². The van der Waals surface area contributed by atoms with Crippen molar-refractivity contribution in [1.82, 2.24) is 9.78 Å². The number of ether oxygens (including phenoxy) is 2. The number of hydrogen-bond acceptors (Lipinski definition) is 4. The van der Waals surface area contributed by atoms with Crippen molar-refractivity contribution in [1.29, 1.82) is 0 Å². The molecular weight excluding hydrogens is 390 g/mol. The van der Waals surface area contributed by atoms with E-state index in [-0.39, 0.29) is 11.5 Å². The van der Waals surface area contributed by atoms with Gasteiger partial charge in [-0.2, -0.15) is 13.9 Å². The molecule has 0 amide bonds. The van der Waals surface area contributed by atoms with Crippen LogP contribution in [0.2, 0.25) is 0 Å². The molecule has 7 heteroatoms. The van der Waals surface area contributed by atoms with Gasteiger partial charge in [-0.15, -0.1) is 0 Å². The van der Waals surface area contributed by atoms with Gasteiger partial charge in [0.25, 0.3) is 0 Å². The first kappa shape index (κ1) is 21.2. The first-order valence-corrected chi connectivity index (χ1v) is 9.31. The van der Waals surface area contributed by atoms with Crippen LogP contribution in [0.1, 0.15) is 32.9 Å². The molecule has 0 unspecified atom stereocenters. The SMILES string of the molecule is COc1ccc(/C=C/C(=O)c2ccc(OC(F)F)cc2)cc1Cn1nc(C)cc1C. The van der Waals surface area contributed by atoms with Crippen LogP contribution in [0.4, 0.5) is 8.78 Å². The van der Waals surface area contributed by atoms with Gasteiger partial charge in [-0.25, -0.2) is 0 Å². The molecule has 0 bridgehead atoms. The molecule has 0 aliphatic rings. The van der Waals surface area contributed by atoms with E-state index in [1.54, 1.807) is 13.2 Å². The summed E-state index contributed by atoms with van der Waals surface area (Å²) in [4.78, 5) is 12.4. The van der Waals surface area contributed by atoms with Gasteiger partial charge in [-0.3, -0.25) is 9.48 Å². The fourth-order valence-electron chi connectivity index (χ4n) is 3.09.